The van der Waals surface area contributed by atoms with E-state index in [1.165, 1.54) is 24.0 Å². The van der Waals surface area contributed by atoms with Gasteiger partial charge in [0.1, 0.15) is 0 Å². The molecular weight excluding hydrogens is 222 g/mol. The van der Waals surface area contributed by atoms with Gasteiger partial charge in [0, 0.05) is 12.6 Å². The third-order valence-corrected chi connectivity index (χ3v) is 4.28. The molecule has 1 aromatic rings. The van der Waals surface area contributed by atoms with Crippen molar-refractivity contribution in [2.24, 2.45) is 5.92 Å². The van der Waals surface area contributed by atoms with Crippen LogP contribution in [0.15, 0.2) is 24.3 Å². The average Bonchev–Trinajstić information content (AvgIpc) is 3.24. The lowest BCUT2D eigenvalue weighted by atomic mass is 9.98. The molecule has 1 saturated heterocycles. The number of hydrogen-bond acceptors (Lipinski definition) is 2. The summed E-state index contributed by atoms with van der Waals surface area (Å²) in [4.78, 5) is 0. The van der Waals surface area contributed by atoms with Gasteiger partial charge in [-0.1, -0.05) is 31.2 Å². The van der Waals surface area contributed by atoms with E-state index < -0.39 is 0 Å². The third-order valence-electron chi connectivity index (χ3n) is 4.28. The van der Waals surface area contributed by atoms with Crippen molar-refractivity contribution in [2.45, 2.75) is 51.4 Å². The molecule has 0 aromatic heterocycles. The predicted octanol–water partition coefficient (Wildman–Crippen LogP) is 3.08. The molecule has 2 aliphatic rings. The highest BCUT2D eigenvalue weighted by Crippen LogP contribution is 2.39. The van der Waals surface area contributed by atoms with Gasteiger partial charge in [0.05, 0.1) is 12.2 Å². The molecule has 0 bridgehead atoms. The maximum Gasteiger partial charge on any atom is 0.0979 e. The van der Waals surface area contributed by atoms with E-state index in [9.17, 15) is 0 Å². The molecule has 1 aliphatic heterocycles. The molecule has 1 N–H and O–H groups in total. The van der Waals surface area contributed by atoms with Crippen LogP contribution in [-0.2, 0) is 11.2 Å². The first-order valence-corrected chi connectivity index (χ1v) is 7.25. The molecule has 0 radical (unpaired) electrons. The molecule has 2 nitrogen and oxygen atoms in total. The highest BCUT2D eigenvalue weighted by Gasteiger charge is 2.38. The summed E-state index contributed by atoms with van der Waals surface area (Å²) in [6.07, 6.45) is 4.45. The van der Waals surface area contributed by atoms with Crippen LogP contribution in [0.1, 0.15) is 43.9 Å². The van der Waals surface area contributed by atoms with E-state index in [2.05, 4.69) is 43.4 Å². The van der Waals surface area contributed by atoms with Crippen LogP contribution in [0.2, 0.25) is 0 Å². The van der Waals surface area contributed by atoms with Crippen LogP contribution in [-0.4, -0.2) is 18.7 Å². The number of nitrogens with one attached hydrogen (secondary N) is 1. The molecule has 98 valence electrons. The lowest BCUT2D eigenvalue weighted by Gasteiger charge is -2.36. The van der Waals surface area contributed by atoms with Crippen LogP contribution >= 0.6 is 0 Å². The fourth-order valence-electron chi connectivity index (χ4n) is 2.82. The molecule has 3 rings (SSSR count). The zero-order valence-electron chi connectivity index (χ0n) is 11.4. The summed E-state index contributed by atoms with van der Waals surface area (Å²) in [5.41, 5.74) is 2.71. The lowest BCUT2D eigenvalue weighted by molar-refractivity contribution is -0.0707. The second-order valence-corrected chi connectivity index (χ2v) is 5.72. The second kappa shape index (κ2) is 5.02. The summed E-state index contributed by atoms with van der Waals surface area (Å²) >= 11 is 0. The normalized spacial score (nSPS) is 32.4. The van der Waals surface area contributed by atoms with E-state index in [0.29, 0.717) is 12.1 Å². The Morgan fingerprint density at radius 1 is 1.22 bits per heavy atom. The first kappa shape index (κ1) is 12.2. The zero-order valence-corrected chi connectivity index (χ0v) is 11.4. The standard InChI is InChI=1S/C16H23NO/c1-3-12-4-6-14(7-5-12)16-11(2)17-10-15(18-16)13-8-9-13/h4-7,11,13,15-17H,3,8-10H2,1-2H3. The van der Waals surface area contributed by atoms with Crippen molar-refractivity contribution < 1.29 is 4.74 Å². The van der Waals surface area contributed by atoms with Crippen molar-refractivity contribution in [3.63, 3.8) is 0 Å². The number of ether oxygens (including phenoxy) is 1. The molecule has 2 heteroatoms. The monoisotopic (exact) mass is 245 g/mol. The highest BCUT2D eigenvalue weighted by molar-refractivity contribution is 5.25. The molecular formula is C16H23NO. The first-order valence-electron chi connectivity index (χ1n) is 7.25. The van der Waals surface area contributed by atoms with Crippen molar-refractivity contribution in [2.75, 3.05) is 6.54 Å². The minimum atomic E-state index is 0.218. The summed E-state index contributed by atoms with van der Waals surface area (Å²) in [5.74, 6) is 0.808. The molecule has 3 atom stereocenters. The van der Waals surface area contributed by atoms with Gasteiger partial charge in [-0.3, -0.25) is 0 Å². The third kappa shape index (κ3) is 2.45. The Balaban J connectivity index is 1.74. The van der Waals surface area contributed by atoms with E-state index in [1.54, 1.807) is 0 Å². The maximum atomic E-state index is 6.32. The Bertz CT molecular complexity index is 396. The Kier molecular flexibility index (Phi) is 3.40. The second-order valence-electron chi connectivity index (χ2n) is 5.72. The van der Waals surface area contributed by atoms with Crippen LogP contribution in [0.25, 0.3) is 0 Å². The highest BCUT2D eigenvalue weighted by atomic mass is 16.5. The largest absolute Gasteiger partial charge is 0.367 e. The quantitative estimate of drug-likeness (QED) is 0.883. The van der Waals surface area contributed by atoms with Crippen molar-refractivity contribution in [1.82, 2.24) is 5.32 Å². The van der Waals surface area contributed by atoms with Gasteiger partial charge in [0.25, 0.3) is 0 Å². The molecule has 0 spiro atoms. The van der Waals surface area contributed by atoms with Crippen molar-refractivity contribution in [3.8, 4) is 0 Å². The van der Waals surface area contributed by atoms with Gasteiger partial charge in [-0.15, -0.1) is 0 Å². The summed E-state index contributed by atoms with van der Waals surface area (Å²) in [6.45, 7) is 5.44. The number of morpholine rings is 1. The summed E-state index contributed by atoms with van der Waals surface area (Å²) in [6, 6.07) is 9.33. The molecule has 0 amide bonds. The van der Waals surface area contributed by atoms with Crippen LogP contribution in [0.4, 0.5) is 0 Å². The van der Waals surface area contributed by atoms with Gasteiger partial charge in [-0.25, -0.2) is 0 Å². The zero-order chi connectivity index (χ0) is 12.5. The number of aryl methyl sites for hydroxylation is 1. The molecule has 1 saturated carbocycles. The van der Waals surface area contributed by atoms with Gasteiger partial charge in [0.2, 0.25) is 0 Å². The van der Waals surface area contributed by atoms with Crippen LogP contribution < -0.4 is 5.32 Å². The van der Waals surface area contributed by atoms with E-state index >= 15 is 0 Å². The van der Waals surface area contributed by atoms with E-state index in [-0.39, 0.29) is 6.10 Å². The topological polar surface area (TPSA) is 21.3 Å². The number of hydrogen-bond donors (Lipinski definition) is 1. The SMILES string of the molecule is CCc1ccc(C2OC(C3CC3)CNC2C)cc1. The Morgan fingerprint density at radius 2 is 1.94 bits per heavy atom. The van der Waals surface area contributed by atoms with Crippen LogP contribution in [0, 0.1) is 5.92 Å². The van der Waals surface area contributed by atoms with Crippen molar-refractivity contribution in [1.29, 1.82) is 0 Å². The Morgan fingerprint density at radius 3 is 2.56 bits per heavy atom. The van der Waals surface area contributed by atoms with Gasteiger partial charge in [-0.05, 0) is 43.2 Å². The van der Waals surface area contributed by atoms with Crippen LogP contribution in [0.3, 0.4) is 0 Å². The number of rotatable bonds is 3. The van der Waals surface area contributed by atoms with E-state index in [1.807, 2.05) is 0 Å². The predicted molar refractivity (Wildman–Crippen MR) is 73.6 cm³/mol. The minimum Gasteiger partial charge on any atom is -0.367 e. The van der Waals surface area contributed by atoms with Gasteiger partial charge in [-0.2, -0.15) is 0 Å². The van der Waals surface area contributed by atoms with Crippen molar-refractivity contribution >= 4 is 0 Å². The summed E-state index contributed by atoms with van der Waals surface area (Å²) in [5, 5.41) is 3.61. The maximum absolute atomic E-state index is 6.32. The first-order chi connectivity index (χ1) is 8.78. The van der Waals surface area contributed by atoms with Crippen molar-refractivity contribution in [3.05, 3.63) is 35.4 Å². The molecule has 1 heterocycles. The van der Waals surface area contributed by atoms with E-state index in [0.717, 1.165) is 18.9 Å². The summed E-state index contributed by atoms with van der Waals surface area (Å²) in [7, 11) is 0. The molecule has 18 heavy (non-hydrogen) atoms. The fraction of sp³-hybridized carbons (Fsp3) is 0.625. The Labute approximate surface area is 110 Å². The fourth-order valence-corrected chi connectivity index (χ4v) is 2.82. The van der Waals surface area contributed by atoms with Gasteiger partial charge >= 0.3 is 0 Å². The van der Waals surface area contributed by atoms with E-state index in [4.69, 9.17) is 4.74 Å². The minimum absolute atomic E-state index is 0.218. The molecule has 3 unspecified atom stereocenters. The molecule has 1 aliphatic carbocycles. The van der Waals surface area contributed by atoms with Crippen LogP contribution in [0.5, 0.6) is 0 Å². The smallest absolute Gasteiger partial charge is 0.0979 e. The summed E-state index contributed by atoms with van der Waals surface area (Å²) < 4.78 is 6.32. The molecule has 1 aromatic carbocycles. The lowest BCUT2D eigenvalue weighted by Crippen LogP contribution is -2.47. The molecule has 2 fully saturated rings. The van der Waals surface area contributed by atoms with Gasteiger partial charge < -0.3 is 10.1 Å². The average molecular weight is 245 g/mol. The van der Waals surface area contributed by atoms with Gasteiger partial charge in [0.15, 0.2) is 0 Å². The number of benzene rings is 1. The Hall–Kier alpha value is -0.860.